The molecule has 0 aliphatic rings. The zero-order valence-corrected chi connectivity index (χ0v) is 5.13. The van der Waals surface area contributed by atoms with Crippen molar-refractivity contribution in [3.05, 3.63) is 6.26 Å². The van der Waals surface area contributed by atoms with Gasteiger partial charge in [-0.25, -0.2) is 0 Å². The second-order valence-corrected chi connectivity index (χ2v) is 2.03. The maximum atomic E-state index is 4.99. The first-order chi connectivity index (χ1) is 3.41. The third-order valence-electron chi connectivity index (χ3n) is 0.610. The highest BCUT2D eigenvalue weighted by Gasteiger charge is 1.78. The predicted molar refractivity (Wildman–Crippen MR) is 35.9 cm³/mol. The van der Waals surface area contributed by atoms with E-state index in [0.29, 0.717) is 0 Å². The lowest BCUT2D eigenvalue weighted by Gasteiger charge is -1.86. The Balaban J connectivity index is 2.60. The molecule has 0 aliphatic carbocycles. The standard InChI is InChI=1S/C6H9S/c1-3-4-5-6-7-2/h1H,2,4-6H2. The molecular formula is C6H9S. The molecule has 0 aromatic rings. The fraction of sp³-hybridized carbons (Fsp3) is 0.500. The van der Waals surface area contributed by atoms with Gasteiger partial charge in [0.25, 0.3) is 0 Å². The van der Waals surface area contributed by atoms with Crippen molar-refractivity contribution in [2.75, 3.05) is 5.75 Å². The SMILES string of the molecule is C#CCCCS[CH2]. The molecule has 0 heterocycles. The fourth-order valence-electron chi connectivity index (χ4n) is 0.276. The zero-order chi connectivity index (χ0) is 5.54. The molecule has 1 radical (unpaired) electrons. The number of thioether (sulfide) groups is 1. The van der Waals surface area contributed by atoms with Crippen LogP contribution in [0.1, 0.15) is 12.8 Å². The average molecular weight is 113 g/mol. The van der Waals surface area contributed by atoms with Gasteiger partial charge in [-0.05, 0) is 12.2 Å². The van der Waals surface area contributed by atoms with Crippen LogP contribution in [0.3, 0.4) is 0 Å². The normalized spacial score (nSPS) is 8.00. The van der Waals surface area contributed by atoms with Crippen LogP contribution in [-0.2, 0) is 0 Å². The lowest BCUT2D eigenvalue weighted by Crippen LogP contribution is -1.72. The van der Waals surface area contributed by atoms with Gasteiger partial charge in [0.05, 0.1) is 0 Å². The first-order valence-corrected chi connectivity index (χ1v) is 3.37. The third kappa shape index (κ3) is 5.91. The molecule has 39 valence electrons. The largest absolute Gasteiger partial charge is 0.161 e. The van der Waals surface area contributed by atoms with Gasteiger partial charge >= 0.3 is 0 Å². The molecule has 0 saturated heterocycles. The Bertz CT molecular complexity index is 61.1. The van der Waals surface area contributed by atoms with Crippen LogP contribution in [0.5, 0.6) is 0 Å². The maximum absolute atomic E-state index is 4.99. The van der Waals surface area contributed by atoms with Crippen LogP contribution in [0, 0.1) is 18.6 Å². The third-order valence-corrected chi connectivity index (χ3v) is 1.19. The van der Waals surface area contributed by atoms with E-state index in [1.54, 1.807) is 11.8 Å². The van der Waals surface area contributed by atoms with E-state index in [1.165, 1.54) is 0 Å². The van der Waals surface area contributed by atoms with Crippen molar-refractivity contribution >= 4 is 11.8 Å². The highest BCUT2D eigenvalue weighted by molar-refractivity contribution is 8.00. The first kappa shape index (κ1) is 6.91. The number of hydrogen-bond donors (Lipinski definition) is 0. The Hall–Kier alpha value is -0.0900. The van der Waals surface area contributed by atoms with E-state index < -0.39 is 0 Å². The van der Waals surface area contributed by atoms with Crippen LogP contribution < -0.4 is 0 Å². The molecule has 0 rings (SSSR count). The van der Waals surface area contributed by atoms with Gasteiger partial charge < -0.3 is 0 Å². The smallest absolute Gasteiger partial charge is 0.00939 e. The highest BCUT2D eigenvalue weighted by Crippen LogP contribution is 1.98. The summed E-state index contributed by atoms with van der Waals surface area (Å²) in [6, 6.07) is 0. The minimum Gasteiger partial charge on any atom is -0.161 e. The van der Waals surface area contributed by atoms with E-state index in [0.717, 1.165) is 18.6 Å². The van der Waals surface area contributed by atoms with Crippen LogP contribution in [0.4, 0.5) is 0 Å². The molecule has 0 amide bonds. The van der Waals surface area contributed by atoms with E-state index in [-0.39, 0.29) is 0 Å². The molecule has 0 unspecified atom stereocenters. The predicted octanol–water partition coefficient (Wildman–Crippen LogP) is 1.92. The van der Waals surface area contributed by atoms with Crippen molar-refractivity contribution in [1.82, 2.24) is 0 Å². The van der Waals surface area contributed by atoms with E-state index in [1.807, 2.05) is 0 Å². The summed E-state index contributed by atoms with van der Waals surface area (Å²) in [5.74, 6) is 3.65. The molecular weight excluding hydrogens is 104 g/mol. The van der Waals surface area contributed by atoms with Gasteiger partial charge in [-0.15, -0.1) is 12.3 Å². The van der Waals surface area contributed by atoms with Gasteiger partial charge in [-0.2, -0.15) is 11.8 Å². The van der Waals surface area contributed by atoms with Crippen molar-refractivity contribution in [1.29, 1.82) is 0 Å². The van der Waals surface area contributed by atoms with Crippen LogP contribution in [0.15, 0.2) is 0 Å². The molecule has 0 spiro atoms. The molecule has 0 saturated carbocycles. The van der Waals surface area contributed by atoms with Crippen LogP contribution in [-0.4, -0.2) is 5.75 Å². The molecule has 7 heavy (non-hydrogen) atoms. The summed E-state index contributed by atoms with van der Waals surface area (Å²) in [6.07, 6.45) is 10.6. The van der Waals surface area contributed by atoms with Crippen LogP contribution >= 0.6 is 11.8 Å². The summed E-state index contributed by atoms with van der Waals surface area (Å²) < 4.78 is 0. The second kappa shape index (κ2) is 5.91. The van der Waals surface area contributed by atoms with E-state index in [4.69, 9.17) is 6.42 Å². The van der Waals surface area contributed by atoms with Gasteiger partial charge in [0.2, 0.25) is 0 Å². The monoisotopic (exact) mass is 113 g/mol. The molecule has 0 bridgehead atoms. The topological polar surface area (TPSA) is 0 Å². The maximum Gasteiger partial charge on any atom is 0.00939 e. The van der Waals surface area contributed by atoms with Gasteiger partial charge in [0.15, 0.2) is 0 Å². The Kier molecular flexibility index (Phi) is 5.83. The molecule has 1 heteroatoms. The summed E-state index contributed by atoms with van der Waals surface area (Å²) in [4.78, 5) is 0. The van der Waals surface area contributed by atoms with Crippen molar-refractivity contribution in [3.8, 4) is 12.3 Å². The minimum absolute atomic E-state index is 0.891. The molecule has 0 atom stereocenters. The Morgan fingerprint density at radius 3 is 2.86 bits per heavy atom. The van der Waals surface area contributed by atoms with Gasteiger partial charge in [0, 0.05) is 12.7 Å². The summed E-state index contributed by atoms with van der Waals surface area (Å²) in [6.45, 7) is 0. The fourth-order valence-corrected chi connectivity index (χ4v) is 0.625. The van der Waals surface area contributed by atoms with Crippen molar-refractivity contribution in [2.24, 2.45) is 0 Å². The van der Waals surface area contributed by atoms with E-state index in [9.17, 15) is 0 Å². The number of hydrogen-bond acceptors (Lipinski definition) is 1. The summed E-state index contributed by atoms with van der Waals surface area (Å²) >= 11 is 1.60. The van der Waals surface area contributed by atoms with E-state index >= 15 is 0 Å². The van der Waals surface area contributed by atoms with Crippen LogP contribution in [0.2, 0.25) is 0 Å². The molecule has 0 aromatic heterocycles. The highest BCUT2D eigenvalue weighted by atomic mass is 32.2. The average Bonchev–Trinajstić information content (AvgIpc) is 1.69. The Morgan fingerprint density at radius 2 is 2.43 bits per heavy atom. The minimum atomic E-state index is 0.891. The van der Waals surface area contributed by atoms with Gasteiger partial charge in [0.1, 0.15) is 0 Å². The Morgan fingerprint density at radius 1 is 1.71 bits per heavy atom. The molecule has 0 aliphatic heterocycles. The number of terminal acetylenes is 1. The van der Waals surface area contributed by atoms with Crippen LogP contribution in [0.25, 0.3) is 0 Å². The number of unbranched alkanes of at least 4 members (excludes halogenated alkanes) is 1. The van der Waals surface area contributed by atoms with Gasteiger partial charge in [-0.3, -0.25) is 0 Å². The first-order valence-electron chi connectivity index (χ1n) is 2.22. The lowest BCUT2D eigenvalue weighted by atomic mass is 10.4. The summed E-state index contributed by atoms with van der Waals surface area (Å²) in [5.41, 5.74) is 0. The number of rotatable bonds is 3. The summed E-state index contributed by atoms with van der Waals surface area (Å²) in [7, 11) is 0. The van der Waals surface area contributed by atoms with Crippen molar-refractivity contribution in [2.45, 2.75) is 12.8 Å². The zero-order valence-electron chi connectivity index (χ0n) is 4.31. The molecule has 0 fully saturated rings. The quantitative estimate of drug-likeness (QED) is 0.398. The molecule has 0 nitrogen and oxygen atoms in total. The molecule has 0 aromatic carbocycles. The lowest BCUT2D eigenvalue weighted by molar-refractivity contribution is 1.00. The molecule has 0 N–H and O–H groups in total. The van der Waals surface area contributed by atoms with Crippen molar-refractivity contribution in [3.63, 3.8) is 0 Å². The van der Waals surface area contributed by atoms with Gasteiger partial charge in [-0.1, -0.05) is 0 Å². The Labute approximate surface area is 49.7 Å². The second-order valence-electron chi connectivity index (χ2n) is 1.22. The van der Waals surface area contributed by atoms with E-state index in [2.05, 4.69) is 12.2 Å². The van der Waals surface area contributed by atoms with Crippen molar-refractivity contribution < 1.29 is 0 Å². The summed E-state index contributed by atoms with van der Waals surface area (Å²) in [5, 5.41) is 0.